The highest BCUT2D eigenvalue weighted by Gasteiger charge is 2.13. The van der Waals surface area contributed by atoms with E-state index in [0.29, 0.717) is 24.7 Å². The minimum absolute atomic E-state index is 0.271. The Hall–Kier alpha value is -2.60. The Bertz CT molecular complexity index is 818. The quantitative estimate of drug-likeness (QED) is 0.340. The van der Waals surface area contributed by atoms with Gasteiger partial charge in [0.25, 0.3) is 0 Å². The number of halogens is 1. The summed E-state index contributed by atoms with van der Waals surface area (Å²) >= 11 is 1.57. The molecule has 0 amide bonds. The standard InChI is InChI=1S/C19H18FN3OS/c1-2-12-23-18(15-6-4-3-5-7-15)21-22-19(23)25-14-13-24-17-10-8-16(20)9-11-17/h2-11H,1,12-14H2. The Kier molecular flexibility index (Phi) is 5.85. The average molecular weight is 355 g/mol. The van der Waals surface area contributed by atoms with Crippen molar-refractivity contribution in [3.8, 4) is 17.1 Å². The molecule has 128 valence electrons. The zero-order valence-electron chi connectivity index (χ0n) is 13.6. The molecule has 0 N–H and O–H groups in total. The molecule has 3 rings (SSSR count). The molecule has 0 aliphatic carbocycles. The Morgan fingerprint density at radius 2 is 1.84 bits per heavy atom. The smallest absolute Gasteiger partial charge is 0.191 e. The first-order valence-corrected chi connectivity index (χ1v) is 8.87. The van der Waals surface area contributed by atoms with Gasteiger partial charge in [0, 0.05) is 17.9 Å². The molecular formula is C19H18FN3OS. The van der Waals surface area contributed by atoms with Crippen LogP contribution in [0.5, 0.6) is 5.75 Å². The monoisotopic (exact) mass is 355 g/mol. The van der Waals surface area contributed by atoms with Crippen LogP contribution in [0.4, 0.5) is 4.39 Å². The van der Waals surface area contributed by atoms with E-state index in [-0.39, 0.29) is 5.82 Å². The third-order valence-electron chi connectivity index (χ3n) is 3.46. The van der Waals surface area contributed by atoms with Crippen LogP contribution in [0.2, 0.25) is 0 Å². The number of allylic oxidation sites excluding steroid dienone is 1. The molecule has 1 heterocycles. The second kappa shape index (κ2) is 8.48. The first-order valence-electron chi connectivity index (χ1n) is 7.88. The summed E-state index contributed by atoms with van der Waals surface area (Å²) in [7, 11) is 0. The number of aromatic nitrogens is 3. The number of hydrogen-bond acceptors (Lipinski definition) is 4. The summed E-state index contributed by atoms with van der Waals surface area (Å²) in [6, 6.07) is 16.0. The highest BCUT2D eigenvalue weighted by Crippen LogP contribution is 2.24. The van der Waals surface area contributed by atoms with Crippen molar-refractivity contribution in [3.05, 3.63) is 73.1 Å². The van der Waals surface area contributed by atoms with Crippen LogP contribution in [0.3, 0.4) is 0 Å². The molecule has 0 aliphatic heterocycles. The van der Waals surface area contributed by atoms with Gasteiger partial charge in [0.05, 0.1) is 6.61 Å². The summed E-state index contributed by atoms with van der Waals surface area (Å²) in [5, 5.41) is 9.42. The van der Waals surface area contributed by atoms with Crippen molar-refractivity contribution in [2.24, 2.45) is 0 Å². The number of nitrogens with zero attached hydrogens (tertiary/aromatic N) is 3. The summed E-state index contributed by atoms with van der Waals surface area (Å²) in [5.41, 5.74) is 1.02. The molecule has 4 nitrogen and oxygen atoms in total. The maximum absolute atomic E-state index is 12.9. The van der Waals surface area contributed by atoms with Gasteiger partial charge in [0.1, 0.15) is 11.6 Å². The minimum Gasteiger partial charge on any atom is -0.493 e. The highest BCUT2D eigenvalue weighted by molar-refractivity contribution is 7.99. The molecule has 25 heavy (non-hydrogen) atoms. The van der Waals surface area contributed by atoms with E-state index in [1.54, 1.807) is 23.9 Å². The van der Waals surface area contributed by atoms with Crippen molar-refractivity contribution in [2.45, 2.75) is 11.7 Å². The predicted octanol–water partition coefficient (Wildman–Crippen LogP) is 4.44. The van der Waals surface area contributed by atoms with E-state index in [9.17, 15) is 4.39 Å². The van der Waals surface area contributed by atoms with Gasteiger partial charge in [-0.2, -0.15) is 0 Å². The van der Waals surface area contributed by atoms with Crippen LogP contribution in [0.25, 0.3) is 11.4 Å². The van der Waals surface area contributed by atoms with Gasteiger partial charge in [-0.25, -0.2) is 4.39 Å². The summed E-state index contributed by atoms with van der Waals surface area (Å²) in [4.78, 5) is 0. The van der Waals surface area contributed by atoms with E-state index in [2.05, 4.69) is 16.8 Å². The van der Waals surface area contributed by atoms with Crippen LogP contribution in [0.15, 0.2) is 72.4 Å². The fourth-order valence-electron chi connectivity index (χ4n) is 2.31. The topological polar surface area (TPSA) is 39.9 Å². The lowest BCUT2D eigenvalue weighted by Crippen LogP contribution is -2.04. The lowest BCUT2D eigenvalue weighted by Gasteiger charge is -2.08. The van der Waals surface area contributed by atoms with Gasteiger partial charge >= 0.3 is 0 Å². The van der Waals surface area contributed by atoms with Gasteiger partial charge in [0.2, 0.25) is 0 Å². The van der Waals surface area contributed by atoms with Crippen LogP contribution >= 0.6 is 11.8 Å². The first-order chi connectivity index (χ1) is 12.3. The summed E-state index contributed by atoms with van der Waals surface area (Å²) < 4.78 is 20.5. The molecular weight excluding hydrogens is 337 g/mol. The summed E-state index contributed by atoms with van der Waals surface area (Å²) in [6.45, 7) is 4.95. The van der Waals surface area contributed by atoms with Crippen molar-refractivity contribution in [1.29, 1.82) is 0 Å². The number of thioether (sulfide) groups is 1. The Morgan fingerprint density at radius 1 is 1.08 bits per heavy atom. The number of benzene rings is 2. The second-order valence-electron chi connectivity index (χ2n) is 5.22. The van der Waals surface area contributed by atoms with E-state index in [1.807, 2.05) is 41.0 Å². The number of ether oxygens (including phenoxy) is 1. The third kappa shape index (κ3) is 4.48. The number of hydrogen-bond donors (Lipinski definition) is 0. The molecule has 0 bridgehead atoms. The minimum atomic E-state index is -0.271. The summed E-state index contributed by atoms with van der Waals surface area (Å²) in [6.07, 6.45) is 1.83. The van der Waals surface area contributed by atoms with Crippen LogP contribution in [0, 0.1) is 5.82 Å². The molecule has 0 atom stereocenters. The molecule has 0 aliphatic rings. The van der Waals surface area contributed by atoms with E-state index < -0.39 is 0 Å². The first kappa shape index (κ1) is 17.2. The van der Waals surface area contributed by atoms with Crippen molar-refractivity contribution < 1.29 is 9.13 Å². The Balaban J connectivity index is 1.63. The lowest BCUT2D eigenvalue weighted by atomic mass is 10.2. The van der Waals surface area contributed by atoms with Crippen molar-refractivity contribution >= 4 is 11.8 Å². The molecule has 0 unspecified atom stereocenters. The molecule has 3 aromatic rings. The fraction of sp³-hybridized carbons (Fsp3) is 0.158. The second-order valence-corrected chi connectivity index (χ2v) is 6.28. The van der Waals surface area contributed by atoms with Crippen LogP contribution in [-0.2, 0) is 6.54 Å². The molecule has 0 saturated carbocycles. The molecule has 2 aromatic carbocycles. The van der Waals surface area contributed by atoms with Crippen molar-refractivity contribution in [3.63, 3.8) is 0 Å². The SMILES string of the molecule is C=CCn1c(SCCOc2ccc(F)cc2)nnc1-c1ccccc1. The van der Waals surface area contributed by atoms with Crippen LogP contribution in [-0.4, -0.2) is 27.1 Å². The van der Waals surface area contributed by atoms with E-state index in [0.717, 1.165) is 16.5 Å². The van der Waals surface area contributed by atoms with Gasteiger partial charge in [-0.3, -0.25) is 4.57 Å². The zero-order chi connectivity index (χ0) is 17.5. The van der Waals surface area contributed by atoms with Gasteiger partial charge in [0.15, 0.2) is 11.0 Å². The fourth-order valence-corrected chi connectivity index (χ4v) is 3.08. The Labute approximate surface area is 150 Å². The lowest BCUT2D eigenvalue weighted by molar-refractivity contribution is 0.343. The number of rotatable bonds is 8. The average Bonchev–Trinajstić information content (AvgIpc) is 3.04. The third-order valence-corrected chi connectivity index (χ3v) is 4.39. The van der Waals surface area contributed by atoms with Crippen LogP contribution < -0.4 is 4.74 Å². The van der Waals surface area contributed by atoms with Crippen molar-refractivity contribution in [1.82, 2.24) is 14.8 Å². The van der Waals surface area contributed by atoms with Crippen molar-refractivity contribution in [2.75, 3.05) is 12.4 Å². The predicted molar refractivity (Wildman–Crippen MR) is 98.3 cm³/mol. The molecule has 0 saturated heterocycles. The van der Waals surface area contributed by atoms with Gasteiger partial charge < -0.3 is 4.74 Å². The van der Waals surface area contributed by atoms with E-state index >= 15 is 0 Å². The molecule has 0 spiro atoms. The van der Waals surface area contributed by atoms with Gasteiger partial charge in [-0.15, -0.1) is 16.8 Å². The maximum Gasteiger partial charge on any atom is 0.191 e. The molecule has 0 radical (unpaired) electrons. The van der Waals surface area contributed by atoms with Crippen LogP contribution in [0.1, 0.15) is 0 Å². The maximum atomic E-state index is 12.9. The Morgan fingerprint density at radius 3 is 2.56 bits per heavy atom. The molecule has 0 fully saturated rings. The highest BCUT2D eigenvalue weighted by atomic mass is 32.2. The van der Waals surface area contributed by atoms with E-state index in [4.69, 9.17) is 4.74 Å². The zero-order valence-corrected chi connectivity index (χ0v) is 14.5. The van der Waals surface area contributed by atoms with Gasteiger partial charge in [-0.1, -0.05) is 48.2 Å². The largest absolute Gasteiger partial charge is 0.493 e. The normalized spacial score (nSPS) is 10.6. The summed E-state index contributed by atoms with van der Waals surface area (Å²) in [5.74, 6) is 1.91. The molecule has 6 heteroatoms. The van der Waals surface area contributed by atoms with Gasteiger partial charge in [-0.05, 0) is 24.3 Å². The van der Waals surface area contributed by atoms with E-state index in [1.165, 1.54) is 12.1 Å². The molecule has 1 aromatic heterocycles.